The highest BCUT2D eigenvalue weighted by Crippen LogP contribution is 2.20. The van der Waals surface area contributed by atoms with Crippen molar-refractivity contribution in [2.24, 2.45) is 11.7 Å². The summed E-state index contributed by atoms with van der Waals surface area (Å²) in [7, 11) is 2.09. The fourth-order valence-corrected chi connectivity index (χ4v) is 2.94. The Hall–Kier alpha value is -0.0700. The zero-order valence-corrected chi connectivity index (χ0v) is 13.9. The van der Waals surface area contributed by atoms with Crippen LogP contribution >= 0.6 is 24.8 Å². The molecule has 2 N–H and O–H groups in total. The van der Waals surface area contributed by atoms with Gasteiger partial charge >= 0.3 is 0 Å². The summed E-state index contributed by atoms with van der Waals surface area (Å²) in [6, 6.07) is -0.0816. The number of hydrogen-bond acceptors (Lipinski definition) is 4. The van der Waals surface area contributed by atoms with E-state index in [1.165, 1.54) is 0 Å². The molecule has 1 amide bonds. The van der Waals surface area contributed by atoms with Crippen molar-refractivity contribution in [1.82, 2.24) is 9.80 Å². The number of amides is 1. The molecule has 2 unspecified atom stereocenters. The van der Waals surface area contributed by atoms with Gasteiger partial charge in [-0.15, -0.1) is 24.8 Å². The zero-order chi connectivity index (χ0) is 13.1. The first-order valence-corrected chi connectivity index (χ1v) is 6.92. The maximum absolute atomic E-state index is 12.5. The van der Waals surface area contributed by atoms with Gasteiger partial charge in [-0.25, -0.2) is 0 Å². The molecule has 7 heteroatoms. The lowest BCUT2D eigenvalue weighted by atomic mass is 9.91. The number of carbonyl (C=O) groups is 1. The van der Waals surface area contributed by atoms with E-state index in [0.717, 1.165) is 45.7 Å². The maximum atomic E-state index is 12.5. The minimum absolute atomic E-state index is 0. The van der Waals surface area contributed by atoms with Gasteiger partial charge in [-0.3, -0.25) is 4.79 Å². The lowest BCUT2D eigenvalue weighted by Crippen LogP contribution is -2.58. The minimum atomic E-state index is -0.347. The number of likely N-dealkylation sites (N-methyl/N-ethyl adjacent to an activating group) is 1. The topological polar surface area (TPSA) is 58.8 Å². The molecule has 0 aromatic carbocycles. The van der Waals surface area contributed by atoms with Gasteiger partial charge in [-0.05, 0) is 32.7 Å². The third kappa shape index (κ3) is 4.74. The zero-order valence-electron chi connectivity index (χ0n) is 12.3. The molecule has 2 fully saturated rings. The predicted molar refractivity (Wildman–Crippen MR) is 84.7 cm³/mol. The Bertz CT molecular complexity index is 301. The van der Waals surface area contributed by atoms with E-state index in [9.17, 15) is 4.79 Å². The number of piperazine rings is 1. The van der Waals surface area contributed by atoms with Crippen molar-refractivity contribution in [3.63, 3.8) is 0 Å². The second-order valence-corrected chi connectivity index (χ2v) is 5.62. The van der Waals surface area contributed by atoms with Gasteiger partial charge in [0.15, 0.2) is 0 Å². The highest BCUT2D eigenvalue weighted by molar-refractivity contribution is 5.85. The first-order valence-electron chi connectivity index (χ1n) is 6.92. The van der Waals surface area contributed by atoms with Crippen molar-refractivity contribution in [2.45, 2.75) is 31.8 Å². The van der Waals surface area contributed by atoms with Crippen LogP contribution in [-0.2, 0) is 9.53 Å². The lowest BCUT2D eigenvalue weighted by molar-refractivity contribution is -0.139. The van der Waals surface area contributed by atoms with Crippen molar-refractivity contribution in [3.05, 3.63) is 0 Å². The minimum Gasteiger partial charge on any atom is -0.381 e. The standard InChI is InChI=1S/C13H25N3O2.2ClH/c1-10-9-15(2)5-6-16(10)13(17)12(14)11-3-7-18-8-4-11;;/h10-12H,3-9,14H2,1-2H3;2*1H. The van der Waals surface area contributed by atoms with Crippen molar-refractivity contribution < 1.29 is 9.53 Å². The van der Waals surface area contributed by atoms with E-state index in [0.29, 0.717) is 0 Å². The molecule has 0 radical (unpaired) electrons. The summed E-state index contributed by atoms with van der Waals surface area (Å²) >= 11 is 0. The van der Waals surface area contributed by atoms with Gasteiger partial charge in [0.05, 0.1) is 6.04 Å². The Morgan fingerprint density at radius 2 is 1.85 bits per heavy atom. The molecule has 120 valence electrons. The molecular formula is C13H27Cl2N3O2. The van der Waals surface area contributed by atoms with Crippen molar-refractivity contribution in [1.29, 1.82) is 0 Å². The number of halogens is 2. The van der Waals surface area contributed by atoms with Crippen LogP contribution in [-0.4, -0.2) is 67.7 Å². The summed E-state index contributed by atoms with van der Waals surface area (Å²) in [5.41, 5.74) is 6.16. The summed E-state index contributed by atoms with van der Waals surface area (Å²) in [6.45, 7) is 6.26. The fraction of sp³-hybridized carbons (Fsp3) is 0.923. The van der Waals surface area contributed by atoms with Gasteiger partial charge in [0.25, 0.3) is 0 Å². The number of nitrogens with zero attached hydrogens (tertiary/aromatic N) is 2. The van der Waals surface area contributed by atoms with E-state index >= 15 is 0 Å². The number of nitrogens with two attached hydrogens (primary N) is 1. The molecule has 2 atom stereocenters. The van der Waals surface area contributed by atoms with Crippen LogP contribution in [0.15, 0.2) is 0 Å². The van der Waals surface area contributed by atoms with E-state index in [1.54, 1.807) is 0 Å². The molecule has 0 spiro atoms. The quantitative estimate of drug-likeness (QED) is 0.813. The molecule has 0 saturated carbocycles. The van der Waals surface area contributed by atoms with Gasteiger partial charge in [0.2, 0.25) is 5.91 Å². The number of ether oxygens (including phenoxy) is 1. The van der Waals surface area contributed by atoms with E-state index in [1.807, 2.05) is 4.90 Å². The van der Waals surface area contributed by atoms with Crippen molar-refractivity contribution in [3.8, 4) is 0 Å². The summed E-state index contributed by atoms with van der Waals surface area (Å²) in [4.78, 5) is 16.7. The van der Waals surface area contributed by atoms with E-state index in [-0.39, 0.29) is 48.7 Å². The lowest BCUT2D eigenvalue weighted by Gasteiger charge is -2.40. The van der Waals surface area contributed by atoms with Crippen molar-refractivity contribution in [2.75, 3.05) is 39.9 Å². The maximum Gasteiger partial charge on any atom is 0.240 e. The molecule has 2 aliphatic rings. The van der Waals surface area contributed by atoms with E-state index < -0.39 is 0 Å². The summed E-state index contributed by atoms with van der Waals surface area (Å²) < 4.78 is 5.32. The Balaban J connectivity index is 0.00000180. The van der Waals surface area contributed by atoms with Gasteiger partial charge in [-0.1, -0.05) is 0 Å². The molecule has 0 aromatic rings. The predicted octanol–water partition coefficient (Wildman–Crippen LogP) is 0.746. The van der Waals surface area contributed by atoms with Crippen LogP contribution < -0.4 is 5.73 Å². The van der Waals surface area contributed by atoms with Crippen LogP contribution in [0.5, 0.6) is 0 Å². The second kappa shape index (κ2) is 9.05. The number of carbonyl (C=O) groups excluding carboxylic acids is 1. The molecule has 5 nitrogen and oxygen atoms in total. The van der Waals surface area contributed by atoms with E-state index in [4.69, 9.17) is 10.5 Å². The molecule has 0 aromatic heterocycles. The molecular weight excluding hydrogens is 301 g/mol. The third-order valence-corrected chi connectivity index (χ3v) is 4.17. The van der Waals surface area contributed by atoms with Gasteiger partial charge in [-0.2, -0.15) is 0 Å². The van der Waals surface area contributed by atoms with Crippen LogP contribution in [0.25, 0.3) is 0 Å². The third-order valence-electron chi connectivity index (χ3n) is 4.17. The number of hydrogen-bond donors (Lipinski definition) is 1. The highest BCUT2D eigenvalue weighted by atomic mass is 35.5. The monoisotopic (exact) mass is 327 g/mol. The summed E-state index contributed by atoms with van der Waals surface area (Å²) in [5.74, 6) is 0.417. The SMILES string of the molecule is CC1CN(C)CCN1C(=O)C(N)C1CCOCC1.Cl.Cl. The van der Waals surface area contributed by atoms with Crippen LogP contribution in [0.1, 0.15) is 19.8 Å². The van der Waals surface area contributed by atoms with Crippen LogP contribution in [0.3, 0.4) is 0 Å². The van der Waals surface area contributed by atoms with Crippen molar-refractivity contribution >= 4 is 30.7 Å². The molecule has 0 aliphatic carbocycles. The molecule has 0 bridgehead atoms. The smallest absolute Gasteiger partial charge is 0.240 e. The van der Waals surface area contributed by atoms with Crippen LogP contribution in [0.2, 0.25) is 0 Å². The second-order valence-electron chi connectivity index (χ2n) is 5.62. The number of rotatable bonds is 2. The van der Waals surface area contributed by atoms with Gasteiger partial charge in [0, 0.05) is 38.9 Å². The summed E-state index contributed by atoms with van der Waals surface area (Å²) in [6.07, 6.45) is 1.82. The molecule has 2 saturated heterocycles. The first kappa shape index (κ1) is 19.9. The first-order chi connectivity index (χ1) is 8.59. The molecule has 2 heterocycles. The molecule has 20 heavy (non-hydrogen) atoms. The average Bonchev–Trinajstić information content (AvgIpc) is 2.38. The molecule has 2 aliphatic heterocycles. The average molecular weight is 328 g/mol. The van der Waals surface area contributed by atoms with Crippen LogP contribution in [0.4, 0.5) is 0 Å². The van der Waals surface area contributed by atoms with Gasteiger partial charge in [0.1, 0.15) is 0 Å². The fourth-order valence-electron chi connectivity index (χ4n) is 2.94. The van der Waals surface area contributed by atoms with E-state index in [2.05, 4.69) is 18.9 Å². The van der Waals surface area contributed by atoms with Gasteiger partial charge < -0.3 is 20.3 Å². The Morgan fingerprint density at radius 3 is 2.40 bits per heavy atom. The largest absolute Gasteiger partial charge is 0.381 e. The normalized spacial score (nSPS) is 26.4. The van der Waals surface area contributed by atoms with Crippen LogP contribution in [0, 0.1) is 5.92 Å². The Morgan fingerprint density at radius 1 is 1.25 bits per heavy atom. The Kier molecular flexibility index (Phi) is 9.02. The molecule has 2 rings (SSSR count). The highest BCUT2D eigenvalue weighted by Gasteiger charge is 2.33. The Labute approximate surface area is 134 Å². The summed E-state index contributed by atoms with van der Waals surface area (Å²) in [5, 5.41) is 0.